The summed E-state index contributed by atoms with van der Waals surface area (Å²) in [6.45, 7) is 2.00. The van der Waals surface area contributed by atoms with E-state index in [0.29, 0.717) is 18.2 Å². The van der Waals surface area contributed by atoms with Gasteiger partial charge in [0.25, 0.3) is 0 Å². The van der Waals surface area contributed by atoms with Gasteiger partial charge in [-0.15, -0.1) is 10.2 Å². The highest BCUT2D eigenvalue weighted by molar-refractivity contribution is 9.10. The van der Waals surface area contributed by atoms with Gasteiger partial charge >= 0.3 is 0 Å². The molecule has 0 saturated carbocycles. The van der Waals surface area contributed by atoms with Crippen LogP contribution >= 0.6 is 15.9 Å². The van der Waals surface area contributed by atoms with Crippen LogP contribution in [0.15, 0.2) is 57.4 Å². The van der Waals surface area contributed by atoms with Crippen molar-refractivity contribution in [3.05, 3.63) is 64.5 Å². The smallest absolute Gasteiger partial charge is 0.247 e. The molecular weight excluding hydrogens is 370 g/mol. The Morgan fingerprint density at radius 1 is 1.17 bits per heavy atom. The Bertz CT molecular complexity index is 846. The minimum Gasteiger partial charge on any atom is -0.421 e. The Morgan fingerprint density at radius 2 is 1.96 bits per heavy atom. The number of anilines is 1. The maximum atomic E-state index is 12.1. The van der Waals surface area contributed by atoms with E-state index >= 15 is 0 Å². The van der Waals surface area contributed by atoms with E-state index in [1.165, 1.54) is 0 Å². The molecular formula is C18H16BrN3O2. The number of carbonyl (C=O) groups is 1. The Balaban J connectivity index is 1.58. The Hall–Kier alpha value is -2.47. The number of hydrogen-bond acceptors (Lipinski definition) is 4. The first-order valence-electron chi connectivity index (χ1n) is 7.55. The topological polar surface area (TPSA) is 68.0 Å². The van der Waals surface area contributed by atoms with Crippen LogP contribution in [0.5, 0.6) is 0 Å². The van der Waals surface area contributed by atoms with Gasteiger partial charge in [-0.2, -0.15) is 0 Å². The number of halogens is 1. The monoisotopic (exact) mass is 385 g/mol. The summed E-state index contributed by atoms with van der Waals surface area (Å²) in [5, 5.41) is 10.9. The van der Waals surface area contributed by atoms with Gasteiger partial charge in [-0.3, -0.25) is 4.79 Å². The molecule has 24 heavy (non-hydrogen) atoms. The van der Waals surface area contributed by atoms with Crippen molar-refractivity contribution < 1.29 is 9.21 Å². The van der Waals surface area contributed by atoms with Gasteiger partial charge in [-0.1, -0.05) is 24.3 Å². The standard InChI is InChI=1S/C18H16BrN3O2/c1-12-7-8-15(14(19)11-12)20-16(23)9-10-17-21-22-18(24-17)13-5-3-2-4-6-13/h2-8,11H,9-10H2,1H3,(H,20,23). The predicted octanol–water partition coefficient (Wildman–Crippen LogP) is 4.38. The molecule has 0 saturated heterocycles. The molecule has 1 aromatic heterocycles. The van der Waals surface area contributed by atoms with E-state index in [4.69, 9.17) is 4.42 Å². The minimum atomic E-state index is -0.0981. The summed E-state index contributed by atoms with van der Waals surface area (Å²) >= 11 is 3.45. The molecule has 0 aliphatic carbocycles. The molecule has 3 aromatic rings. The van der Waals surface area contributed by atoms with Crippen molar-refractivity contribution in [3.8, 4) is 11.5 Å². The third-order valence-electron chi connectivity index (χ3n) is 3.45. The van der Waals surface area contributed by atoms with Gasteiger partial charge in [-0.05, 0) is 52.7 Å². The molecule has 1 heterocycles. The molecule has 0 atom stereocenters. The zero-order valence-corrected chi connectivity index (χ0v) is 14.7. The summed E-state index contributed by atoms with van der Waals surface area (Å²) in [5.41, 5.74) is 2.74. The zero-order valence-electron chi connectivity index (χ0n) is 13.1. The highest BCUT2D eigenvalue weighted by atomic mass is 79.9. The van der Waals surface area contributed by atoms with Gasteiger partial charge in [-0.25, -0.2) is 0 Å². The second-order valence-corrected chi connectivity index (χ2v) is 6.25. The highest BCUT2D eigenvalue weighted by Gasteiger charge is 2.11. The van der Waals surface area contributed by atoms with Crippen LogP contribution in [0, 0.1) is 6.92 Å². The number of aryl methyl sites for hydroxylation is 2. The normalized spacial score (nSPS) is 10.6. The van der Waals surface area contributed by atoms with Gasteiger partial charge in [0, 0.05) is 22.9 Å². The molecule has 3 rings (SSSR count). The number of rotatable bonds is 5. The molecule has 0 fully saturated rings. The van der Waals surface area contributed by atoms with E-state index in [-0.39, 0.29) is 12.3 Å². The zero-order chi connectivity index (χ0) is 16.9. The van der Waals surface area contributed by atoms with E-state index in [2.05, 4.69) is 31.4 Å². The second kappa shape index (κ2) is 7.40. The molecule has 1 amide bonds. The number of benzene rings is 2. The van der Waals surface area contributed by atoms with E-state index in [1.807, 2.05) is 55.5 Å². The Morgan fingerprint density at radius 3 is 2.71 bits per heavy atom. The van der Waals surface area contributed by atoms with Gasteiger partial charge in [0.15, 0.2) is 0 Å². The average Bonchev–Trinajstić information content (AvgIpc) is 3.05. The number of nitrogens with zero attached hydrogens (tertiary/aromatic N) is 2. The largest absolute Gasteiger partial charge is 0.421 e. The lowest BCUT2D eigenvalue weighted by molar-refractivity contribution is -0.116. The summed E-state index contributed by atoms with van der Waals surface area (Å²) in [5.74, 6) is 0.818. The lowest BCUT2D eigenvalue weighted by Gasteiger charge is -2.07. The number of amides is 1. The van der Waals surface area contributed by atoms with Crippen molar-refractivity contribution >= 4 is 27.5 Å². The number of hydrogen-bond donors (Lipinski definition) is 1. The van der Waals surface area contributed by atoms with Crippen molar-refractivity contribution in [1.29, 1.82) is 0 Å². The lowest BCUT2D eigenvalue weighted by Crippen LogP contribution is -2.12. The first-order chi connectivity index (χ1) is 11.6. The Labute approximate surface area is 148 Å². The van der Waals surface area contributed by atoms with Crippen molar-refractivity contribution in [2.24, 2.45) is 0 Å². The SMILES string of the molecule is Cc1ccc(NC(=O)CCc2nnc(-c3ccccc3)o2)c(Br)c1. The summed E-state index contributed by atoms with van der Waals surface area (Å²) in [7, 11) is 0. The third-order valence-corrected chi connectivity index (χ3v) is 4.11. The quantitative estimate of drug-likeness (QED) is 0.707. The van der Waals surface area contributed by atoms with Crippen LogP contribution in [0.2, 0.25) is 0 Å². The van der Waals surface area contributed by atoms with Crippen LogP contribution in [0.25, 0.3) is 11.5 Å². The molecule has 0 bridgehead atoms. The number of carbonyl (C=O) groups excluding carboxylic acids is 1. The average molecular weight is 386 g/mol. The van der Waals surface area contributed by atoms with Crippen LogP contribution < -0.4 is 5.32 Å². The van der Waals surface area contributed by atoms with Gasteiger partial charge < -0.3 is 9.73 Å². The summed E-state index contributed by atoms with van der Waals surface area (Å²) < 4.78 is 6.46. The molecule has 0 radical (unpaired) electrons. The fourth-order valence-electron chi connectivity index (χ4n) is 2.21. The number of aromatic nitrogens is 2. The summed E-state index contributed by atoms with van der Waals surface area (Å²) in [6, 6.07) is 15.3. The van der Waals surface area contributed by atoms with Gasteiger partial charge in [0.1, 0.15) is 0 Å². The fraction of sp³-hybridized carbons (Fsp3) is 0.167. The molecule has 122 valence electrons. The molecule has 0 spiro atoms. The predicted molar refractivity (Wildman–Crippen MR) is 95.6 cm³/mol. The molecule has 6 heteroatoms. The van der Waals surface area contributed by atoms with E-state index in [1.54, 1.807) is 0 Å². The first-order valence-corrected chi connectivity index (χ1v) is 8.35. The van der Waals surface area contributed by atoms with Crippen LogP contribution in [0.4, 0.5) is 5.69 Å². The molecule has 0 aliphatic rings. The fourth-order valence-corrected chi connectivity index (χ4v) is 2.80. The van der Waals surface area contributed by atoms with E-state index in [0.717, 1.165) is 21.3 Å². The van der Waals surface area contributed by atoms with Crippen molar-refractivity contribution in [2.45, 2.75) is 19.8 Å². The third kappa shape index (κ3) is 4.08. The van der Waals surface area contributed by atoms with Crippen LogP contribution in [0.3, 0.4) is 0 Å². The minimum absolute atomic E-state index is 0.0981. The molecule has 2 aromatic carbocycles. The van der Waals surface area contributed by atoms with Crippen molar-refractivity contribution in [3.63, 3.8) is 0 Å². The molecule has 0 unspecified atom stereocenters. The Kier molecular flexibility index (Phi) is 5.05. The summed E-state index contributed by atoms with van der Waals surface area (Å²) in [6.07, 6.45) is 0.673. The first kappa shape index (κ1) is 16.4. The van der Waals surface area contributed by atoms with E-state index < -0.39 is 0 Å². The van der Waals surface area contributed by atoms with Crippen LogP contribution in [-0.4, -0.2) is 16.1 Å². The van der Waals surface area contributed by atoms with Gasteiger partial charge in [0.05, 0.1) is 5.69 Å². The second-order valence-electron chi connectivity index (χ2n) is 5.40. The number of nitrogens with one attached hydrogen (secondary N) is 1. The van der Waals surface area contributed by atoms with Crippen LogP contribution in [0.1, 0.15) is 17.9 Å². The highest BCUT2D eigenvalue weighted by Crippen LogP contribution is 2.23. The van der Waals surface area contributed by atoms with Crippen molar-refractivity contribution in [2.75, 3.05) is 5.32 Å². The van der Waals surface area contributed by atoms with E-state index in [9.17, 15) is 4.79 Å². The van der Waals surface area contributed by atoms with Crippen molar-refractivity contribution in [1.82, 2.24) is 10.2 Å². The van der Waals surface area contributed by atoms with Crippen LogP contribution in [-0.2, 0) is 11.2 Å². The molecule has 0 aliphatic heterocycles. The van der Waals surface area contributed by atoms with Gasteiger partial charge in [0.2, 0.25) is 17.7 Å². The maximum absolute atomic E-state index is 12.1. The lowest BCUT2D eigenvalue weighted by atomic mass is 10.2. The summed E-state index contributed by atoms with van der Waals surface area (Å²) in [4.78, 5) is 12.1. The molecule has 5 nitrogen and oxygen atoms in total. The molecule has 1 N–H and O–H groups in total. The maximum Gasteiger partial charge on any atom is 0.247 e.